The molecule has 3 nitrogen and oxygen atoms in total. The summed E-state index contributed by atoms with van der Waals surface area (Å²) in [7, 11) is 0. The van der Waals surface area contributed by atoms with Crippen molar-refractivity contribution >= 4 is 5.97 Å². The third-order valence-electron chi connectivity index (χ3n) is 1.14. The Labute approximate surface area is 77.4 Å². The highest BCUT2D eigenvalue weighted by atomic mass is 19.4. The van der Waals surface area contributed by atoms with Gasteiger partial charge in [-0.2, -0.15) is 26.3 Å². The molecule has 0 unspecified atom stereocenters. The SMILES string of the molecule is O=C(CF)OC(O)(C(F)(F)F)C(F)(F)F. The van der Waals surface area contributed by atoms with Crippen molar-refractivity contribution < 1.29 is 45.4 Å². The number of alkyl halides is 7. The minimum Gasteiger partial charge on any atom is -0.414 e. The number of halogens is 7. The topological polar surface area (TPSA) is 46.5 Å². The van der Waals surface area contributed by atoms with Crippen molar-refractivity contribution in [1.29, 1.82) is 0 Å². The Morgan fingerprint density at radius 3 is 1.60 bits per heavy atom. The Bertz CT molecular complexity index is 228. The van der Waals surface area contributed by atoms with E-state index in [1.54, 1.807) is 0 Å². The lowest BCUT2D eigenvalue weighted by Crippen LogP contribution is -2.59. The summed E-state index contributed by atoms with van der Waals surface area (Å²) >= 11 is 0. The first-order valence-electron chi connectivity index (χ1n) is 3.09. The number of esters is 1. The van der Waals surface area contributed by atoms with Gasteiger partial charge in [0.2, 0.25) is 0 Å². The average Bonchev–Trinajstić information content (AvgIpc) is 1.99. The van der Waals surface area contributed by atoms with Crippen LogP contribution in [0.3, 0.4) is 0 Å². The van der Waals surface area contributed by atoms with Gasteiger partial charge in [-0.1, -0.05) is 0 Å². The minimum atomic E-state index is -6.31. The standard InChI is InChI=1S/C5H3F7O3/c6-1-2(13)15-3(14,4(7,8)9)5(10,11)12/h14H,1H2. The summed E-state index contributed by atoms with van der Waals surface area (Å²) in [5.74, 6) is -8.17. The fraction of sp³-hybridized carbons (Fsp3) is 0.800. The van der Waals surface area contributed by atoms with Gasteiger partial charge in [-0.05, 0) is 0 Å². The summed E-state index contributed by atoms with van der Waals surface area (Å²) in [4.78, 5) is 9.96. The summed E-state index contributed by atoms with van der Waals surface area (Å²) < 4.78 is 84.3. The van der Waals surface area contributed by atoms with Crippen LogP contribution in [0, 0.1) is 0 Å². The molecule has 0 aromatic carbocycles. The van der Waals surface area contributed by atoms with E-state index in [4.69, 9.17) is 5.11 Å². The van der Waals surface area contributed by atoms with E-state index >= 15 is 0 Å². The van der Waals surface area contributed by atoms with Crippen LogP contribution in [0.5, 0.6) is 0 Å². The third-order valence-corrected chi connectivity index (χ3v) is 1.14. The highest BCUT2D eigenvalue weighted by molar-refractivity contribution is 5.71. The molecular formula is C5H3F7O3. The number of hydrogen-bond donors (Lipinski definition) is 1. The van der Waals surface area contributed by atoms with Gasteiger partial charge < -0.3 is 9.84 Å². The molecule has 0 aromatic heterocycles. The maximum atomic E-state index is 11.7. The van der Waals surface area contributed by atoms with Gasteiger partial charge in [0, 0.05) is 0 Å². The Hall–Kier alpha value is -1.06. The summed E-state index contributed by atoms with van der Waals surface area (Å²) in [6.45, 7) is -2.23. The maximum absolute atomic E-state index is 11.7. The smallest absolute Gasteiger partial charge is 0.414 e. The number of carbonyl (C=O) groups excluding carboxylic acids is 1. The molecule has 0 spiro atoms. The Balaban J connectivity index is 5.15. The van der Waals surface area contributed by atoms with Crippen LogP contribution in [-0.2, 0) is 9.53 Å². The number of rotatable bonds is 2. The Kier molecular flexibility index (Phi) is 3.56. The summed E-state index contributed by atoms with van der Waals surface area (Å²) in [5.41, 5.74) is 0. The van der Waals surface area contributed by atoms with Gasteiger partial charge in [-0.3, -0.25) is 0 Å². The number of aliphatic hydroxyl groups is 1. The summed E-state index contributed by atoms with van der Waals surface area (Å²) in [5, 5.41) is 8.13. The van der Waals surface area contributed by atoms with E-state index in [0.717, 1.165) is 0 Å². The molecule has 0 rings (SSSR count). The van der Waals surface area contributed by atoms with Crippen molar-refractivity contribution in [2.24, 2.45) is 0 Å². The lowest BCUT2D eigenvalue weighted by atomic mass is 10.2. The van der Waals surface area contributed by atoms with E-state index in [0.29, 0.717) is 0 Å². The fourth-order valence-electron chi connectivity index (χ4n) is 0.468. The van der Waals surface area contributed by atoms with Crippen molar-refractivity contribution in [3.8, 4) is 0 Å². The van der Waals surface area contributed by atoms with Crippen LogP contribution in [0.2, 0.25) is 0 Å². The summed E-state index contributed by atoms with van der Waals surface area (Å²) in [6.07, 6.45) is -12.6. The monoisotopic (exact) mass is 244 g/mol. The van der Waals surface area contributed by atoms with Gasteiger partial charge in [0.05, 0.1) is 0 Å². The Morgan fingerprint density at radius 2 is 1.40 bits per heavy atom. The molecule has 15 heavy (non-hydrogen) atoms. The second kappa shape index (κ2) is 3.83. The molecule has 0 radical (unpaired) electrons. The molecule has 0 saturated heterocycles. The van der Waals surface area contributed by atoms with Crippen LogP contribution in [-0.4, -0.2) is 35.9 Å². The van der Waals surface area contributed by atoms with Gasteiger partial charge in [0.15, 0.2) is 6.67 Å². The van der Waals surface area contributed by atoms with Crippen molar-refractivity contribution in [3.63, 3.8) is 0 Å². The van der Waals surface area contributed by atoms with E-state index in [9.17, 15) is 35.5 Å². The van der Waals surface area contributed by atoms with Crippen LogP contribution in [0.1, 0.15) is 0 Å². The van der Waals surface area contributed by atoms with E-state index in [-0.39, 0.29) is 0 Å². The normalized spacial score (nSPS) is 13.9. The zero-order valence-electron chi connectivity index (χ0n) is 6.62. The quantitative estimate of drug-likeness (QED) is 0.452. The van der Waals surface area contributed by atoms with Crippen molar-refractivity contribution in [2.75, 3.05) is 6.67 Å². The van der Waals surface area contributed by atoms with Gasteiger partial charge >= 0.3 is 24.1 Å². The molecule has 0 aliphatic heterocycles. The minimum absolute atomic E-state index is 2.23. The molecular weight excluding hydrogens is 241 g/mol. The van der Waals surface area contributed by atoms with Gasteiger partial charge in [-0.25, -0.2) is 9.18 Å². The Morgan fingerprint density at radius 1 is 1.07 bits per heavy atom. The highest BCUT2D eigenvalue weighted by Gasteiger charge is 2.74. The lowest BCUT2D eigenvalue weighted by molar-refractivity contribution is -0.444. The number of hydrogen-bond acceptors (Lipinski definition) is 3. The predicted molar refractivity (Wildman–Crippen MR) is 29.1 cm³/mol. The molecule has 0 saturated carbocycles. The van der Waals surface area contributed by atoms with Gasteiger partial charge in [0.25, 0.3) is 0 Å². The molecule has 0 aliphatic carbocycles. The van der Waals surface area contributed by atoms with E-state index in [2.05, 4.69) is 4.74 Å². The molecule has 0 aromatic rings. The molecule has 90 valence electrons. The number of carbonyl (C=O) groups is 1. The lowest BCUT2D eigenvalue weighted by Gasteiger charge is -2.30. The van der Waals surface area contributed by atoms with Crippen LogP contribution >= 0.6 is 0 Å². The maximum Gasteiger partial charge on any atom is 0.465 e. The molecule has 1 N–H and O–H groups in total. The van der Waals surface area contributed by atoms with Gasteiger partial charge in [0.1, 0.15) is 0 Å². The van der Waals surface area contributed by atoms with Crippen LogP contribution in [0.25, 0.3) is 0 Å². The largest absolute Gasteiger partial charge is 0.465 e. The van der Waals surface area contributed by atoms with E-state index in [1.165, 1.54) is 0 Å². The van der Waals surface area contributed by atoms with Crippen molar-refractivity contribution in [2.45, 2.75) is 18.1 Å². The predicted octanol–water partition coefficient (Wildman–Crippen LogP) is 1.31. The molecule has 0 fully saturated rings. The van der Waals surface area contributed by atoms with Gasteiger partial charge in [-0.15, -0.1) is 0 Å². The highest BCUT2D eigenvalue weighted by Crippen LogP contribution is 2.43. The molecule has 0 bridgehead atoms. The van der Waals surface area contributed by atoms with Crippen molar-refractivity contribution in [3.05, 3.63) is 0 Å². The zero-order chi connectivity index (χ0) is 12.5. The second-order valence-electron chi connectivity index (χ2n) is 2.25. The van der Waals surface area contributed by atoms with Crippen LogP contribution < -0.4 is 0 Å². The first kappa shape index (κ1) is 13.9. The first-order valence-corrected chi connectivity index (χ1v) is 3.09. The van der Waals surface area contributed by atoms with E-state index in [1.807, 2.05) is 0 Å². The molecule has 0 aliphatic rings. The van der Waals surface area contributed by atoms with E-state index < -0.39 is 30.8 Å². The molecule has 0 amide bonds. The van der Waals surface area contributed by atoms with Crippen LogP contribution in [0.15, 0.2) is 0 Å². The first-order chi connectivity index (χ1) is 6.45. The molecule has 10 heteroatoms. The second-order valence-corrected chi connectivity index (χ2v) is 2.25. The zero-order valence-corrected chi connectivity index (χ0v) is 6.62. The molecule has 0 heterocycles. The summed E-state index contributed by atoms with van der Waals surface area (Å²) in [6, 6.07) is 0. The third kappa shape index (κ3) is 2.70. The van der Waals surface area contributed by atoms with Crippen LogP contribution in [0.4, 0.5) is 30.7 Å². The molecule has 0 atom stereocenters. The average molecular weight is 244 g/mol. The van der Waals surface area contributed by atoms with Crippen molar-refractivity contribution in [1.82, 2.24) is 0 Å². The number of ether oxygens (including phenoxy) is 1. The fourth-order valence-corrected chi connectivity index (χ4v) is 0.468.